The number of hydrogen-bond donors (Lipinski definition) is 0. The summed E-state index contributed by atoms with van der Waals surface area (Å²) >= 11 is 0. The summed E-state index contributed by atoms with van der Waals surface area (Å²) in [5.41, 5.74) is 20.9. The quantitative estimate of drug-likeness (QED) is 0.101. The lowest BCUT2D eigenvalue weighted by Gasteiger charge is -2.25. The molecule has 5 aromatic heterocycles. The van der Waals surface area contributed by atoms with E-state index in [0.29, 0.717) is 44.5 Å². The van der Waals surface area contributed by atoms with Crippen molar-refractivity contribution >= 4 is 26.5 Å². The lowest BCUT2D eigenvalue weighted by Crippen LogP contribution is -2.47. The van der Waals surface area contributed by atoms with Gasteiger partial charge in [0.05, 0.1) is 16.1 Å². The van der Waals surface area contributed by atoms with Gasteiger partial charge >= 0.3 is 0 Å². The van der Waals surface area contributed by atoms with Crippen LogP contribution in [-0.2, 0) is 48.0 Å². The summed E-state index contributed by atoms with van der Waals surface area (Å²) < 4.78 is 181. The molecule has 10 rings (SSSR count). The third-order valence-corrected chi connectivity index (χ3v) is 21.3. The molecule has 0 aliphatic carbocycles. The molecule has 518 valence electrons. The summed E-state index contributed by atoms with van der Waals surface area (Å²) in [6.45, 7) is 30.2. The fourth-order valence-electron chi connectivity index (χ4n) is 12.1. The standard InChI is InChI=1S/C22H34NSi.C20H28N.C18H26NSi.C16H20N.C15H18N/c1-16-10-11-19(17(2)12-16)20-13-18(14-22(3,4)5)21(15-23(20)6)24(7,8)9;1-14-8-9-18(16(3)10-14)19-11-15(2)17(13-21(19)7)12-20(4,5)6;1-13-8-9-16(14(2)10-13)17-11-15(3)18(12-19(17)4)20(5,6)7;1-11-6-7-15(13(3)8-11)16-9-12(2)14(4)10-17(16)5;1-11-5-6-14(13(3)9-11)15-10-12(2)7-8-16(15)4/h10-13,15H,14H2,1-9H3;8-11,13H,12H2,1-7H3;8-12H,1-7H3;6-10H,1-5H3;5-10H,1-4H3/q5*+1/i1D3,14D2;1D3,12D2;1D3;1D3,4D3;1D3. The highest BCUT2D eigenvalue weighted by molar-refractivity contribution is 6.89. The molecule has 0 N–H and O–H groups in total. The van der Waals surface area contributed by atoms with E-state index in [9.17, 15) is 0 Å². The van der Waals surface area contributed by atoms with Crippen LogP contribution in [0.4, 0.5) is 0 Å². The molecular formula is C91H126N5Si2+5. The largest absolute Gasteiger partial charge is 0.212 e. The van der Waals surface area contributed by atoms with Gasteiger partial charge in [-0.2, -0.15) is 0 Å². The molecule has 0 bridgehead atoms. The van der Waals surface area contributed by atoms with Gasteiger partial charge in [-0.05, 0) is 213 Å². The highest BCUT2D eigenvalue weighted by Crippen LogP contribution is 2.30. The van der Waals surface area contributed by atoms with E-state index in [1.54, 1.807) is 91.5 Å². The van der Waals surface area contributed by atoms with Crippen LogP contribution < -0.4 is 33.2 Å². The van der Waals surface area contributed by atoms with Gasteiger partial charge in [-0.15, -0.1) is 0 Å². The van der Waals surface area contributed by atoms with E-state index in [-0.39, 0.29) is 0 Å². The normalized spacial score (nSPS) is 15.9. The fourth-order valence-corrected chi connectivity index (χ4v) is 15.5. The molecule has 0 saturated heterocycles. The van der Waals surface area contributed by atoms with Crippen LogP contribution in [0.1, 0.15) is 166 Å². The first-order valence-corrected chi connectivity index (χ1v) is 40.7. The van der Waals surface area contributed by atoms with Gasteiger partial charge < -0.3 is 0 Å². The Labute approximate surface area is 629 Å². The molecule has 0 unspecified atom stereocenters. The third-order valence-electron chi connectivity index (χ3n) is 17.2. The minimum Gasteiger partial charge on any atom is -0.201 e. The monoisotopic (exact) mass is 1370 g/mol. The molecule has 10 aromatic rings. The maximum absolute atomic E-state index is 8.94. The Morgan fingerprint density at radius 2 is 0.612 bits per heavy atom. The molecule has 0 aliphatic rings. The van der Waals surface area contributed by atoms with Crippen molar-refractivity contribution in [2.24, 2.45) is 46.1 Å². The Balaban J connectivity index is 0.000000234. The summed E-state index contributed by atoms with van der Waals surface area (Å²) in [6.07, 6.45) is 6.85. The summed E-state index contributed by atoms with van der Waals surface area (Å²) in [6, 6.07) is 38.4. The second kappa shape index (κ2) is 32.5. The topological polar surface area (TPSA) is 19.4 Å². The highest BCUT2D eigenvalue weighted by atomic mass is 28.3. The van der Waals surface area contributed by atoms with Gasteiger partial charge in [0.1, 0.15) is 35.2 Å². The van der Waals surface area contributed by atoms with Crippen molar-refractivity contribution in [3.63, 3.8) is 0 Å². The van der Waals surface area contributed by atoms with E-state index in [1.807, 2.05) is 173 Å². The molecule has 0 saturated carbocycles. The summed E-state index contributed by atoms with van der Waals surface area (Å²) in [7, 11) is 6.55. The molecule has 0 spiro atoms. The van der Waals surface area contributed by atoms with Crippen molar-refractivity contribution in [2.45, 2.75) is 197 Å². The molecule has 0 radical (unpaired) electrons. The molecular weight excluding hydrogens is 1220 g/mol. The first-order valence-electron chi connectivity index (χ1n) is 44.7. The zero-order valence-corrected chi connectivity index (χ0v) is 65.7. The second-order valence-corrected chi connectivity index (χ2v) is 40.9. The molecule has 0 aliphatic heterocycles. The van der Waals surface area contributed by atoms with Crippen LogP contribution in [0.2, 0.25) is 39.3 Å². The SMILES string of the molecule is [2H]C([2H])([2H])c1ccc(-c2cc(C([2H])([2H])C(C)(C)C)c([Si](C)(C)C)c[n+]2C)c(C)c1.[2H]C([2H])([2H])c1ccc(-c2cc(C)c(C([2H])([2H])C(C)(C)C)c[n+]2C)c(C)c1.[2H]C([2H])([2H])c1ccc(-c2cc(C)c(C([2H])([2H])[2H])c[n+]2C)c(C)c1.[2H]C([2H])([2H])c1ccc(-c2cc(C)c([Si](C)(C)C)c[n+]2C)c(C)c1.[2H]C([2H])([2H])c1ccc(-c2cc(C)cc[n+]2C)c(C)c1. The summed E-state index contributed by atoms with van der Waals surface area (Å²) in [5, 5.41) is 2.57. The lowest BCUT2D eigenvalue weighted by atomic mass is 9.87. The van der Waals surface area contributed by atoms with Crippen LogP contribution in [0.3, 0.4) is 0 Å². The number of aromatic nitrogens is 5. The first kappa shape index (κ1) is 52.3. The van der Waals surface area contributed by atoms with Gasteiger partial charge in [0.25, 0.3) is 0 Å². The van der Waals surface area contributed by atoms with Crippen molar-refractivity contribution in [1.82, 2.24) is 0 Å². The highest BCUT2D eigenvalue weighted by Gasteiger charge is 2.30. The maximum Gasteiger partial charge on any atom is 0.212 e. The van der Waals surface area contributed by atoms with Crippen molar-refractivity contribution in [1.29, 1.82) is 0 Å². The van der Waals surface area contributed by atoms with Gasteiger partial charge in [-0.1, -0.05) is 169 Å². The molecule has 5 heterocycles. The number of nitrogens with zero attached hydrogens (tertiary/aromatic N) is 5. The van der Waals surface area contributed by atoms with Crippen LogP contribution in [0.25, 0.3) is 56.3 Å². The average Bonchev–Trinajstić information content (AvgIpc) is 0.661. The predicted octanol–water partition coefficient (Wildman–Crippen LogP) is 19.8. The minimum absolute atomic E-state index is 0.303. The zero-order chi connectivity index (χ0) is 92.0. The molecule has 0 fully saturated rings. The number of hydrogen-bond acceptors (Lipinski definition) is 0. The van der Waals surface area contributed by atoms with E-state index in [1.165, 1.54) is 16.3 Å². The molecule has 7 heteroatoms. The molecule has 98 heavy (non-hydrogen) atoms. The van der Waals surface area contributed by atoms with Crippen LogP contribution in [0.15, 0.2) is 158 Å². The van der Waals surface area contributed by atoms with Gasteiger partial charge in [0, 0.05) is 116 Å². The van der Waals surface area contributed by atoms with Gasteiger partial charge in [-0.3, -0.25) is 0 Å². The third kappa shape index (κ3) is 21.6. The summed E-state index contributed by atoms with van der Waals surface area (Å²) in [4.78, 5) is 0. The number of pyridine rings is 5. The Morgan fingerprint density at radius 1 is 0.296 bits per heavy atom. The zero-order valence-electron chi connectivity index (χ0n) is 85.7. The van der Waals surface area contributed by atoms with Gasteiger partial charge in [0.15, 0.2) is 31.0 Å². The van der Waals surface area contributed by atoms with E-state index < -0.39 is 80.8 Å². The van der Waals surface area contributed by atoms with Gasteiger partial charge in [-0.25, -0.2) is 22.8 Å². The lowest BCUT2D eigenvalue weighted by molar-refractivity contribution is -0.661. The van der Waals surface area contributed by atoms with E-state index in [4.69, 9.17) is 30.2 Å². The van der Waals surface area contributed by atoms with Crippen molar-refractivity contribution in [2.75, 3.05) is 0 Å². The smallest absolute Gasteiger partial charge is 0.201 e. The van der Waals surface area contributed by atoms with Crippen LogP contribution in [0.5, 0.6) is 0 Å². The molecule has 5 aromatic carbocycles. The van der Waals surface area contributed by atoms with E-state index >= 15 is 0 Å². The van der Waals surface area contributed by atoms with Gasteiger partial charge in [0.2, 0.25) is 28.5 Å². The van der Waals surface area contributed by atoms with Crippen molar-refractivity contribution in [3.8, 4) is 56.3 Å². The van der Waals surface area contributed by atoms with E-state index in [0.717, 1.165) is 100 Å². The predicted molar refractivity (Wildman–Crippen MR) is 429 cm³/mol. The summed E-state index contributed by atoms with van der Waals surface area (Å²) in [5.74, 6) is 0. The molecule has 0 atom stereocenters. The van der Waals surface area contributed by atoms with Crippen LogP contribution in [-0.4, -0.2) is 16.1 Å². The van der Waals surface area contributed by atoms with Crippen molar-refractivity contribution in [3.05, 3.63) is 253 Å². The maximum atomic E-state index is 8.94. The Hall–Kier alpha value is -7.72. The second-order valence-electron chi connectivity index (χ2n) is 30.8. The number of rotatable bonds is 9. The Bertz CT molecular complexity index is 5260. The number of aryl methyl sites for hydroxylation is 20. The van der Waals surface area contributed by atoms with Crippen LogP contribution in [0, 0.1) is 114 Å². The molecule has 5 nitrogen and oxygen atoms in total. The molecule has 0 amide bonds. The Kier molecular flexibility index (Phi) is 17.4. The van der Waals surface area contributed by atoms with Crippen LogP contribution >= 0.6 is 0 Å². The minimum atomic E-state index is -2.15. The first-order chi connectivity index (χ1) is 54.1. The fraction of sp³-hybridized carbons (Fsp3) is 0.396. The number of benzene rings is 5. The Morgan fingerprint density at radius 3 is 0.959 bits per heavy atom. The van der Waals surface area contributed by atoms with Crippen molar-refractivity contribution < 1.29 is 53.0 Å². The van der Waals surface area contributed by atoms with E-state index in [2.05, 4.69) is 95.3 Å². The average molecular weight is 1370 g/mol.